The summed E-state index contributed by atoms with van der Waals surface area (Å²) in [7, 11) is 0. The van der Waals surface area contributed by atoms with Gasteiger partial charge in [0.05, 0.1) is 27.2 Å². The fourth-order valence-electron chi connectivity index (χ4n) is 1.49. The van der Waals surface area contributed by atoms with E-state index in [-0.39, 0.29) is 27.2 Å². The second-order valence-electron chi connectivity index (χ2n) is 3.57. The van der Waals surface area contributed by atoms with Crippen LogP contribution in [0.2, 0.25) is 15.1 Å². The summed E-state index contributed by atoms with van der Waals surface area (Å²) in [5, 5.41) is 0.295. The highest BCUT2D eigenvalue weighted by atomic mass is 35.5. The maximum atomic E-state index is 11.9. The van der Waals surface area contributed by atoms with E-state index in [1.165, 1.54) is 12.1 Å². The van der Waals surface area contributed by atoms with Gasteiger partial charge >= 0.3 is 11.9 Å². The van der Waals surface area contributed by atoms with Gasteiger partial charge in [-0.25, -0.2) is 9.59 Å². The Morgan fingerprint density at radius 3 is 2.56 bits per heavy atom. The van der Waals surface area contributed by atoms with Crippen molar-refractivity contribution in [2.24, 2.45) is 0 Å². The molecule has 0 amide bonds. The highest BCUT2D eigenvalue weighted by Crippen LogP contribution is 2.32. The Hall–Kier alpha value is -0.970. The minimum atomic E-state index is -0.913. The molecule has 0 aromatic heterocycles. The third kappa shape index (κ3) is 2.55. The summed E-state index contributed by atoms with van der Waals surface area (Å²) in [4.78, 5) is 23.1. The Bertz CT molecular complexity index is 515. The van der Waals surface area contributed by atoms with E-state index in [4.69, 9.17) is 39.5 Å². The molecule has 18 heavy (non-hydrogen) atoms. The van der Waals surface area contributed by atoms with Gasteiger partial charge in [0.25, 0.3) is 0 Å². The van der Waals surface area contributed by atoms with Crippen LogP contribution in [0.5, 0.6) is 0 Å². The zero-order chi connectivity index (χ0) is 13.3. The van der Waals surface area contributed by atoms with Crippen LogP contribution in [0.15, 0.2) is 12.1 Å². The second kappa shape index (κ2) is 5.34. The van der Waals surface area contributed by atoms with Crippen LogP contribution in [-0.4, -0.2) is 24.6 Å². The lowest BCUT2D eigenvalue weighted by Gasteiger charge is -2.11. The zero-order valence-electron chi connectivity index (χ0n) is 8.91. The van der Waals surface area contributed by atoms with Crippen LogP contribution in [0.3, 0.4) is 0 Å². The molecule has 1 aliphatic rings. The maximum absolute atomic E-state index is 11.9. The molecular weight excluding hydrogens is 302 g/mol. The van der Waals surface area contributed by atoms with Crippen LogP contribution < -0.4 is 0 Å². The lowest BCUT2D eigenvalue weighted by atomic mass is 10.2. The van der Waals surface area contributed by atoms with Gasteiger partial charge in [-0.3, -0.25) is 0 Å². The Balaban J connectivity index is 2.24. The molecule has 0 radical (unpaired) electrons. The summed E-state index contributed by atoms with van der Waals surface area (Å²) < 4.78 is 9.66. The minimum Gasteiger partial charge on any atom is -0.463 e. The van der Waals surface area contributed by atoms with Gasteiger partial charge in [0, 0.05) is 6.42 Å². The van der Waals surface area contributed by atoms with E-state index in [9.17, 15) is 9.59 Å². The van der Waals surface area contributed by atoms with Gasteiger partial charge in [0.15, 0.2) is 0 Å². The van der Waals surface area contributed by atoms with E-state index in [0.717, 1.165) is 0 Å². The van der Waals surface area contributed by atoms with Crippen LogP contribution in [-0.2, 0) is 14.3 Å². The number of cyclic esters (lactones) is 1. The molecule has 0 saturated carbocycles. The van der Waals surface area contributed by atoms with Crippen molar-refractivity contribution in [3.05, 3.63) is 32.8 Å². The van der Waals surface area contributed by atoms with Crippen molar-refractivity contribution in [3.63, 3.8) is 0 Å². The summed E-state index contributed by atoms with van der Waals surface area (Å²) in [5.41, 5.74) is -0.0504. The normalized spacial score (nSPS) is 18.6. The van der Waals surface area contributed by atoms with Gasteiger partial charge in [-0.2, -0.15) is 0 Å². The second-order valence-corrected chi connectivity index (χ2v) is 4.76. The molecule has 7 heteroatoms. The van der Waals surface area contributed by atoms with Gasteiger partial charge < -0.3 is 9.47 Å². The summed E-state index contributed by atoms with van der Waals surface area (Å²) in [5.74, 6) is -1.37. The molecule has 1 heterocycles. The molecule has 0 N–H and O–H groups in total. The first-order valence-corrected chi connectivity index (χ1v) is 6.15. The van der Waals surface area contributed by atoms with Gasteiger partial charge in [-0.05, 0) is 12.1 Å². The Kier molecular flexibility index (Phi) is 4.00. The van der Waals surface area contributed by atoms with E-state index in [0.29, 0.717) is 6.42 Å². The Labute approximate surface area is 118 Å². The van der Waals surface area contributed by atoms with Crippen LogP contribution in [0.25, 0.3) is 0 Å². The number of carbonyl (C=O) groups excluding carboxylic acids is 2. The predicted octanol–water partition coefficient (Wildman–Crippen LogP) is 3.12. The molecule has 2 rings (SSSR count). The first-order valence-electron chi connectivity index (χ1n) is 5.02. The molecule has 0 spiro atoms. The SMILES string of the molecule is O=C(O[C@@H]1CCOC1=O)c1c(Cl)ccc(Cl)c1Cl. The summed E-state index contributed by atoms with van der Waals surface area (Å²) in [6.45, 7) is 0.230. The fraction of sp³-hybridized carbons (Fsp3) is 0.273. The van der Waals surface area contributed by atoms with Gasteiger partial charge in [-0.1, -0.05) is 34.8 Å². The van der Waals surface area contributed by atoms with E-state index in [2.05, 4.69) is 4.74 Å². The Morgan fingerprint density at radius 1 is 1.28 bits per heavy atom. The molecule has 1 fully saturated rings. The van der Waals surface area contributed by atoms with E-state index in [1.54, 1.807) is 0 Å². The van der Waals surface area contributed by atoms with Gasteiger partial charge in [0.2, 0.25) is 6.10 Å². The maximum Gasteiger partial charge on any atom is 0.347 e. The number of carbonyl (C=O) groups is 2. The molecule has 0 bridgehead atoms. The molecule has 1 aromatic rings. The summed E-state index contributed by atoms with van der Waals surface area (Å²) >= 11 is 17.5. The van der Waals surface area contributed by atoms with Crippen molar-refractivity contribution in [1.29, 1.82) is 0 Å². The molecule has 0 aliphatic carbocycles. The zero-order valence-corrected chi connectivity index (χ0v) is 11.2. The molecule has 1 saturated heterocycles. The topological polar surface area (TPSA) is 52.6 Å². The molecule has 1 aliphatic heterocycles. The average Bonchev–Trinajstić information content (AvgIpc) is 2.70. The van der Waals surface area contributed by atoms with Crippen LogP contribution in [0.4, 0.5) is 0 Å². The van der Waals surface area contributed by atoms with E-state index in [1.807, 2.05) is 0 Å². The molecule has 96 valence electrons. The number of rotatable bonds is 2. The first-order chi connectivity index (χ1) is 8.50. The van der Waals surface area contributed by atoms with Crippen molar-refractivity contribution in [2.45, 2.75) is 12.5 Å². The highest BCUT2D eigenvalue weighted by molar-refractivity contribution is 6.46. The monoisotopic (exact) mass is 308 g/mol. The van der Waals surface area contributed by atoms with Crippen molar-refractivity contribution in [1.82, 2.24) is 0 Å². The number of hydrogen-bond donors (Lipinski definition) is 0. The van der Waals surface area contributed by atoms with Crippen LogP contribution >= 0.6 is 34.8 Å². The third-order valence-electron chi connectivity index (χ3n) is 2.38. The molecule has 0 unspecified atom stereocenters. The predicted molar refractivity (Wildman–Crippen MR) is 66.3 cm³/mol. The van der Waals surface area contributed by atoms with Crippen molar-refractivity contribution in [2.75, 3.05) is 6.61 Å². The standard InChI is InChI=1S/C11H7Cl3O4/c12-5-1-2-6(13)9(14)8(5)11(16)18-7-3-4-17-10(7)15/h1-2,7H,3-4H2/t7-/m1/s1. The first kappa shape index (κ1) is 13.5. The number of benzene rings is 1. The van der Waals surface area contributed by atoms with Gasteiger partial charge in [-0.15, -0.1) is 0 Å². The Morgan fingerprint density at radius 2 is 1.94 bits per heavy atom. The lowest BCUT2D eigenvalue weighted by molar-refractivity contribution is -0.145. The van der Waals surface area contributed by atoms with Gasteiger partial charge in [0.1, 0.15) is 0 Å². The highest BCUT2D eigenvalue weighted by Gasteiger charge is 2.32. The van der Waals surface area contributed by atoms with Crippen molar-refractivity contribution in [3.8, 4) is 0 Å². The number of hydrogen-bond acceptors (Lipinski definition) is 4. The smallest absolute Gasteiger partial charge is 0.347 e. The fourth-order valence-corrected chi connectivity index (χ4v) is 2.17. The van der Waals surface area contributed by atoms with E-state index < -0.39 is 18.0 Å². The summed E-state index contributed by atoms with van der Waals surface area (Å²) in [6.07, 6.45) is -0.594. The number of esters is 2. The summed E-state index contributed by atoms with van der Waals surface area (Å²) in [6, 6.07) is 2.90. The van der Waals surface area contributed by atoms with Crippen LogP contribution in [0.1, 0.15) is 16.8 Å². The minimum absolute atomic E-state index is 0.000492. The van der Waals surface area contributed by atoms with Crippen molar-refractivity contribution >= 4 is 46.7 Å². The number of ether oxygens (including phenoxy) is 2. The third-order valence-corrected chi connectivity index (χ3v) is 3.50. The molecule has 1 atom stereocenters. The largest absolute Gasteiger partial charge is 0.463 e. The number of halogens is 3. The molecule has 1 aromatic carbocycles. The molecular formula is C11H7Cl3O4. The quantitative estimate of drug-likeness (QED) is 0.622. The van der Waals surface area contributed by atoms with Crippen LogP contribution in [0, 0.1) is 0 Å². The average molecular weight is 310 g/mol. The van der Waals surface area contributed by atoms with Crippen molar-refractivity contribution < 1.29 is 19.1 Å². The lowest BCUT2D eigenvalue weighted by Crippen LogP contribution is -2.23. The van der Waals surface area contributed by atoms with E-state index >= 15 is 0 Å². The molecule has 4 nitrogen and oxygen atoms in total.